The van der Waals surface area contributed by atoms with Crippen LogP contribution in [0.15, 0.2) is 12.1 Å². The van der Waals surface area contributed by atoms with Crippen LogP contribution in [0.2, 0.25) is 4.34 Å². The summed E-state index contributed by atoms with van der Waals surface area (Å²) in [5, 5.41) is 1.10. The van der Waals surface area contributed by atoms with Crippen molar-refractivity contribution in [2.45, 2.75) is 26.2 Å². The molecule has 1 atom stereocenters. The number of alkyl halides is 1. The maximum Gasteiger partial charge on any atom is 0.0931 e. The van der Waals surface area contributed by atoms with E-state index in [2.05, 4.69) is 28.9 Å². The number of hydrogen-bond donors (Lipinski definition) is 0. The predicted molar refractivity (Wildman–Crippen MR) is 67.7 cm³/mol. The van der Waals surface area contributed by atoms with Gasteiger partial charge in [0.2, 0.25) is 0 Å². The summed E-state index contributed by atoms with van der Waals surface area (Å²) in [5.74, 6) is 0.919. The van der Waals surface area contributed by atoms with E-state index in [1.54, 1.807) is 11.3 Å². The van der Waals surface area contributed by atoms with Crippen molar-refractivity contribution >= 4 is 38.9 Å². The maximum absolute atomic E-state index is 5.93. The first-order valence-electron chi connectivity index (χ1n) is 4.94. The summed E-state index contributed by atoms with van der Waals surface area (Å²) in [6.45, 7) is 2.38. The van der Waals surface area contributed by atoms with Crippen molar-refractivity contribution in [3.63, 3.8) is 0 Å². The summed E-state index contributed by atoms with van der Waals surface area (Å²) < 4.78 is 0.910. The summed E-state index contributed by atoms with van der Waals surface area (Å²) in [7, 11) is 0. The molecule has 14 heavy (non-hydrogen) atoms. The molecular weight excluding hydrogens is 280 g/mol. The highest BCUT2D eigenvalue weighted by molar-refractivity contribution is 9.09. The van der Waals surface area contributed by atoms with Crippen molar-refractivity contribution < 1.29 is 0 Å². The number of rotatable bonds is 4. The molecule has 0 bridgehead atoms. The molecule has 1 aromatic heterocycles. The van der Waals surface area contributed by atoms with Crippen molar-refractivity contribution in [2.75, 3.05) is 5.33 Å². The van der Waals surface area contributed by atoms with Gasteiger partial charge in [-0.25, -0.2) is 0 Å². The number of thiophene rings is 1. The van der Waals surface area contributed by atoms with Crippen LogP contribution < -0.4 is 0 Å². The summed E-state index contributed by atoms with van der Waals surface area (Å²) in [4.78, 5) is 1.42. The van der Waals surface area contributed by atoms with Crippen molar-refractivity contribution in [3.8, 4) is 0 Å². The molecule has 1 aromatic rings. The molecule has 0 spiro atoms. The molecule has 1 saturated carbocycles. The number of hydrogen-bond acceptors (Lipinski definition) is 1. The molecule has 2 rings (SSSR count). The molecule has 1 aliphatic rings. The van der Waals surface area contributed by atoms with Crippen LogP contribution in [0, 0.1) is 11.3 Å². The zero-order chi connectivity index (χ0) is 10.2. The summed E-state index contributed by atoms with van der Waals surface area (Å²) >= 11 is 11.3. The first-order valence-corrected chi connectivity index (χ1v) is 7.26. The Morgan fingerprint density at radius 3 is 2.71 bits per heavy atom. The first kappa shape index (κ1) is 11.0. The molecule has 1 unspecified atom stereocenters. The smallest absolute Gasteiger partial charge is 0.0931 e. The third-order valence-electron chi connectivity index (χ3n) is 3.08. The molecular formula is C11H14BrClS. The third kappa shape index (κ3) is 2.34. The van der Waals surface area contributed by atoms with E-state index in [-0.39, 0.29) is 0 Å². The van der Waals surface area contributed by atoms with Gasteiger partial charge in [0.1, 0.15) is 0 Å². The van der Waals surface area contributed by atoms with Gasteiger partial charge in [0.15, 0.2) is 0 Å². The second-order valence-corrected chi connectivity index (χ2v) is 6.80. The Kier molecular flexibility index (Phi) is 3.25. The van der Waals surface area contributed by atoms with Gasteiger partial charge in [0.25, 0.3) is 0 Å². The van der Waals surface area contributed by atoms with Crippen LogP contribution in [0.3, 0.4) is 0 Å². The summed E-state index contributed by atoms with van der Waals surface area (Å²) in [6.07, 6.45) is 3.97. The Balaban J connectivity index is 2.07. The van der Waals surface area contributed by atoms with Gasteiger partial charge in [-0.3, -0.25) is 0 Å². The van der Waals surface area contributed by atoms with E-state index in [0.717, 1.165) is 15.6 Å². The van der Waals surface area contributed by atoms with Gasteiger partial charge in [-0.2, -0.15) is 0 Å². The van der Waals surface area contributed by atoms with E-state index in [9.17, 15) is 0 Å². The van der Waals surface area contributed by atoms with Gasteiger partial charge in [-0.1, -0.05) is 34.5 Å². The molecule has 78 valence electrons. The van der Waals surface area contributed by atoms with Crippen molar-refractivity contribution in [1.82, 2.24) is 0 Å². The second kappa shape index (κ2) is 4.15. The zero-order valence-corrected chi connectivity index (χ0v) is 11.4. The summed E-state index contributed by atoms with van der Waals surface area (Å²) in [6, 6.07) is 4.17. The van der Waals surface area contributed by atoms with Crippen LogP contribution in [-0.2, 0) is 6.42 Å². The lowest BCUT2D eigenvalue weighted by molar-refractivity contribution is 0.321. The Morgan fingerprint density at radius 2 is 2.29 bits per heavy atom. The lowest BCUT2D eigenvalue weighted by Crippen LogP contribution is -2.23. The molecule has 0 saturated heterocycles. The average molecular weight is 294 g/mol. The molecule has 1 aliphatic carbocycles. The SMILES string of the molecule is CC(CBr)(Cc1ccc(Cl)s1)C1CC1. The molecule has 0 nitrogen and oxygen atoms in total. The molecule has 0 N–H and O–H groups in total. The Hall–Kier alpha value is 0.470. The minimum atomic E-state index is 0.439. The van der Waals surface area contributed by atoms with Crippen LogP contribution in [0.5, 0.6) is 0 Å². The minimum Gasteiger partial charge on any atom is -0.128 e. The molecule has 1 heterocycles. The molecule has 0 amide bonds. The molecule has 3 heteroatoms. The van der Waals surface area contributed by atoms with E-state index in [1.165, 1.54) is 24.1 Å². The zero-order valence-electron chi connectivity index (χ0n) is 8.22. The van der Waals surface area contributed by atoms with Crippen LogP contribution in [-0.4, -0.2) is 5.33 Å². The quantitative estimate of drug-likeness (QED) is 0.702. The largest absolute Gasteiger partial charge is 0.128 e. The van der Waals surface area contributed by atoms with Gasteiger partial charge >= 0.3 is 0 Å². The van der Waals surface area contributed by atoms with Crippen molar-refractivity contribution in [2.24, 2.45) is 11.3 Å². The molecule has 0 radical (unpaired) electrons. The van der Waals surface area contributed by atoms with Gasteiger partial charge in [0.05, 0.1) is 4.34 Å². The van der Waals surface area contributed by atoms with Crippen LogP contribution >= 0.6 is 38.9 Å². The van der Waals surface area contributed by atoms with Crippen LogP contribution in [0.4, 0.5) is 0 Å². The molecule has 1 fully saturated rings. The highest BCUT2D eigenvalue weighted by Gasteiger charge is 2.40. The Morgan fingerprint density at radius 1 is 1.57 bits per heavy atom. The van der Waals surface area contributed by atoms with E-state index < -0.39 is 0 Å². The van der Waals surface area contributed by atoms with Gasteiger partial charge in [-0.05, 0) is 42.7 Å². The minimum absolute atomic E-state index is 0.439. The normalized spacial score (nSPS) is 20.8. The Labute approximate surface area is 103 Å². The van der Waals surface area contributed by atoms with E-state index in [0.29, 0.717) is 5.41 Å². The fraction of sp³-hybridized carbons (Fsp3) is 0.636. The molecule has 0 aliphatic heterocycles. The lowest BCUT2D eigenvalue weighted by Gasteiger charge is -2.26. The predicted octanol–water partition coefficient (Wildman–Crippen LogP) is 4.76. The van der Waals surface area contributed by atoms with Crippen molar-refractivity contribution in [1.29, 1.82) is 0 Å². The van der Waals surface area contributed by atoms with Crippen LogP contribution in [0.25, 0.3) is 0 Å². The topological polar surface area (TPSA) is 0 Å². The Bertz CT molecular complexity index is 319. The van der Waals surface area contributed by atoms with E-state index in [4.69, 9.17) is 11.6 Å². The average Bonchev–Trinajstić information content (AvgIpc) is 2.93. The molecule has 0 aromatic carbocycles. The monoisotopic (exact) mass is 292 g/mol. The maximum atomic E-state index is 5.93. The third-order valence-corrected chi connectivity index (χ3v) is 5.59. The first-order chi connectivity index (χ1) is 6.64. The second-order valence-electron chi connectivity index (χ2n) is 4.44. The van der Waals surface area contributed by atoms with E-state index in [1.807, 2.05) is 6.07 Å². The summed E-state index contributed by atoms with van der Waals surface area (Å²) in [5.41, 5.74) is 0.439. The fourth-order valence-corrected chi connectivity index (χ4v) is 3.87. The number of halogens is 2. The van der Waals surface area contributed by atoms with Crippen LogP contribution in [0.1, 0.15) is 24.6 Å². The standard InChI is InChI=1S/C11H14BrClS/c1-11(7-12,8-2-3-8)6-9-4-5-10(13)14-9/h4-5,8H,2-3,6-7H2,1H3. The van der Waals surface area contributed by atoms with Gasteiger partial charge < -0.3 is 0 Å². The van der Waals surface area contributed by atoms with Gasteiger partial charge in [-0.15, -0.1) is 11.3 Å². The van der Waals surface area contributed by atoms with E-state index >= 15 is 0 Å². The highest BCUT2D eigenvalue weighted by atomic mass is 79.9. The van der Waals surface area contributed by atoms with Crippen molar-refractivity contribution in [3.05, 3.63) is 21.3 Å². The highest BCUT2D eigenvalue weighted by Crippen LogP contribution is 2.49. The van der Waals surface area contributed by atoms with Gasteiger partial charge in [0, 0.05) is 10.2 Å². The fourth-order valence-electron chi connectivity index (χ4n) is 1.93. The lowest BCUT2D eigenvalue weighted by atomic mass is 9.83.